The maximum Gasteiger partial charge on any atom is 0.217 e. The summed E-state index contributed by atoms with van der Waals surface area (Å²) in [5.74, 6) is 3.57. The highest BCUT2D eigenvalue weighted by Gasteiger charge is 2.51. The standard InChI is InChI=1S/C23H37NO2.CH4O/c1-14(3-10-22(24)26)20-8-9-21-19-6-4-15-13-16(25)5-7-17(15)18(19)11-12-23(20,21)2;1-2/h14-18,20,25H,3-13H2,1-2H3,(H2,24,26);2H,1H3. The fourth-order valence-electron chi connectivity index (χ4n) is 7.60. The third-order valence-electron chi connectivity index (χ3n) is 8.87. The molecule has 3 saturated carbocycles. The van der Waals surface area contributed by atoms with E-state index in [0.717, 1.165) is 50.0 Å². The lowest BCUT2D eigenvalue weighted by atomic mass is 9.54. The van der Waals surface area contributed by atoms with Gasteiger partial charge in [0.25, 0.3) is 0 Å². The molecule has 7 unspecified atom stereocenters. The van der Waals surface area contributed by atoms with E-state index in [1.807, 2.05) is 11.1 Å². The zero-order chi connectivity index (χ0) is 20.5. The lowest BCUT2D eigenvalue weighted by Crippen LogP contribution is -2.41. The summed E-state index contributed by atoms with van der Waals surface area (Å²) < 4.78 is 0. The van der Waals surface area contributed by atoms with E-state index < -0.39 is 0 Å². The van der Waals surface area contributed by atoms with Crippen LogP contribution in [-0.2, 0) is 4.79 Å². The highest BCUT2D eigenvalue weighted by Crippen LogP contribution is 2.62. The second-order valence-corrected chi connectivity index (χ2v) is 10.1. The minimum absolute atomic E-state index is 0.0405. The molecule has 0 aliphatic heterocycles. The minimum Gasteiger partial charge on any atom is -0.400 e. The Morgan fingerprint density at radius 1 is 1.18 bits per heavy atom. The van der Waals surface area contributed by atoms with Gasteiger partial charge in [0, 0.05) is 13.5 Å². The first-order valence-corrected chi connectivity index (χ1v) is 11.5. The average Bonchev–Trinajstić information content (AvgIpc) is 3.04. The van der Waals surface area contributed by atoms with Crippen LogP contribution in [-0.4, -0.2) is 29.3 Å². The molecule has 4 aliphatic rings. The van der Waals surface area contributed by atoms with Gasteiger partial charge in [0.15, 0.2) is 0 Å². The van der Waals surface area contributed by atoms with Crippen molar-refractivity contribution in [3.8, 4) is 0 Å². The van der Waals surface area contributed by atoms with Crippen molar-refractivity contribution in [2.24, 2.45) is 40.7 Å². The molecule has 3 fully saturated rings. The molecule has 0 aromatic heterocycles. The van der Waals surface area contributed by atoms with Crippen molar-refractivity contribution in [3.63, 3.8) is 0 Å². The predicted molar refractivity (Wildman–Crippen MR) is 112 cm³/mol. The number of carbonyl (C=O) groups is 1. The zero-order valence-electron chi connectivity index (χ0n) is 18.1. The van der Waals surface area contributed by atoms with Crippen LogP contribution < -0.4 is 5.73 Å². The summed E-state index contributed by atoms with van der Waals surface area (Å²) in [5.41, 5.74) is 9.41. The maximum atomic E-state index is 11.2. The first-order valence-electron chi connectivity index (χ1n) is 11.5. The highest BCUT2D eigenvalue weighted by molar-refractivity contribution is 5.73. The van der Waals surface area contributed by atoms with Crippen LogP contribution in [0.5, 0.6) is 0 Å². The largest absolute Gasteiger partial charge is 0.400 e. The molecule has 0 spiro atoms. The normalized spacial score (nSPS) is 40.5. The Balaban J connectivity index is 0.00000109. The number of nitrogens with two attached hydrogens (primary N) is 1. The van der Waals surface area contributed by atoms with Crippen molar-refractivity contribution in [2.45, 2.75) is 90.6 Å². The van der Waals surface area contributed by atoms with E-state index in [-0.39, 0.29) is 12.0 Å². The second-order valence-electron chi connectivity index (χ2n) is 10.1. The van der Waals surface area contributed by atoms with E-state index in [2.05, 4.69) is 13.8 Å². The van der Waals surface area contributed by atoms with E-state index >= 15 is 0 Å². The minimum atomic E-state index is -0.153. The van der Waals surface area contributed by atoms with E-state index in [9.17, 15) is 9.90 Å². The number of carbonyl (C=O) groups excluding carboxylic acids is 1. The van der Waals surface area contributed by atoms with E-state index in [4.69, 9.17) is 10.8 Å². The van der Waals surface area contributed by atoms with Gasteiger partial charge in [-0.15, -0.1) is 0 Å². The summed E-state index contributed by atoms with van der Waals surface area (Å²) in [6.45, 7) is 4.87. The van der Waals surface area contributed by atoms with E-state index in [1.54, 1.807) is 0 Å². The number of primary amides is 1. The van der Waals surface area contributed by atoms with Crippen molar-refractivity contribution in [1.82, 2.24) is 0 Å². The van der Waals surface area contributed by atoms with Gasteiger partial charge in [0.2, 0.25) is 5.91 Å². The number of amides is 1. The maximum absolute atomic E-state index is 11.2. The molecular formula is C24H41NO3. The van der Waals surface area contributed by atoms with Gasteiger partial charge < -0.3 is 15.9 Å². The van der Waals surface area contributed by atoms with Crippen LogP contribution in [0.25, 0.3) is 0 Å². The Hall–Kier alpha value is -0.870. The molecule has 4 aliphatic carbocycles. The lowest BCUT2D eigenvalue weighted by molar-refractivity contribution is -0.118. The monoisotopic (exact) mass is 391 g/mol. The number of aliphatic hydroxyl groups is 2. The van der Waals surface area contributed by atoms with Crippen molar-refractivity contribution >= 4 is 5.91 Å². The van der Waals surface area contributed by atoms with Crippen LogP contribution >= 0.6 is 0 Å². The number of allylic oxidation sites excluding steroid dienone is 2. The number of fused-ring (bicyclic) bond motifs is 4. The number of hydrogen-bond donors (Lipinski definition) is 3. The quantitative estimate of drug-likeness (QED) is 0.628. The van der Waals surface area contributed by atoms with Crippen molar-refractivity contribution in [3.05, 3.63) is 11.1 Å². The van der Waals surface area contributed by atoms with Gasteiger partial charge in [-0.05, 0) is 99.2 Å². The summed E-state index contributed by atoms with van der Waals surface area (Å²) in [4.78, 5) is 11.2. The molecule has 4 N–H and O–H groups in total. The molecule has 160 valence electrons. The van der Waals surface area contributed by atoms with Crippen LogP contribution in [0.4, 0.5) is 0 Å². The van der Waals surface area contributed by atoms with Gasteiger partial charge in [0.1, 0.15) is 0 Å². The molecule has 0 aromatic rings. The highest BCUT2D eigenvalue weighted by atomic mass is 16.3. The van der Waals surface area contributed by atoms with Crippen LogP contribution in [0.1, 0.15) is 84.5 Å². The van der Waals surface area contributed by atoms with Gasteiger partial charge >= 0.3 is 0 Å². The molecule has 0 heterocycles. The Bertz CT molecular complexity index is 601. The Morgan fingerprint density at radius 3 is 2.64 bits per heavy atom. The van der Waals surface area contributed by atoms with Crippen LogP contribution in [0.2, 0.25) is 0 Å². The third-order valence-corrected chi connectivity index (χ3v) is 8.87. The van der Waals surface area contributed by atoms with Crippen molar-refractivity contribution < 1.29 is 15.0 Å². The smallest absolute Gasteiger partial charge is 0.217 e. The molecule has 1 amide bonds. The van der Waals surface area contributed by atoms with Crippen molar-refractivity contribution in [1.29, 1.82) is 0 Å². The second kappa shape index (κ2) is 8.87. The SMILES string of the molecule is CC(CCC(N)=O)C1CCC2=C3CCC4CC(O)CCC4C3CCC21C.CO. The lowest BCUT2D eigenvalue weighted by Gasteiger charge is -2.51. The summed E-state index contributed by atoms with van der Waals surface area (Å²) in [6.07, 6.45) is 12.6. The van der Waals surface area contributed by atoms with Crippen LogP contribution in [0.15, 0.2) is 11.1 Å². The van der Waals surface area contributed by atoms with Crippen LogP contribution in [0, 0.1) is 35.0 Å². The number of rotatable bonds is 4. The Labute approximate surface area is 171 Å². The molecule has 4 nitrogen and oxygen atoms in total. The molecule has 0 saturated heterocycles. The van der Waals surface area contributed by atoms with Crippen molar-refractivity contribution in [2.75, 3.05) is 7.11 Å². The molecule has 0 aromatic carbocycles. The summed E-state index contributed by atoms with van der Waals surface area (Å²) in [6, 6.07) is 0. The molecule has 4 rings (SSSR count). The van der Waals surface area contributed by atoms with Gasteiger partial charge in [-0.2, -0.15) is 0 Å². The summed E-state index contributed by atoms with van der Waals surface area (Å²) in [5, 5.41) is 17.1. The molecule has 7 atom stereocenters. The first kappa shape index (κ1) is 21.8. The van der Waals surface area contributed by atoms with Gasteiger partial charge in [-0.25, -0.2) is 0 Å². The molecular weight excluding hydrogens is 350 g/mol. The molecule has 0 radical (unpaired) electrons. The molecule has 0 bridgehead atoms. The number of aliphatic hydroxyl groups excluding tert-OH is 2. The van der Waals surface area contributed by atoms with E-state index in [0.29, 0.717) is 17.8 Å². The third kappa shape index (κ3) is 3.92. The topological polar surface area (TPSA) is 83.6 Å². The number of hydrogen-bond acceptors (Lipinski definition) is 3. The van der Waals surface area contributed by atoms with Gasteiger partial charge in [-0.3, -0.25) is 4.79 Å². The Kier molecular flexibility index (Phi) is 6.92. The average molecular weight is 392 g/mol. The summed E-state index contributed by atoms with van der Waals surface area (Å²) >= 11 is 0. The zero-order valence-corrected chi connectivity index (χ0v) is 18.1. The first-order chi connectivity index (χ1) is 13.4. The molecule has 4 heteroatoms. The van der Waals surface area contributed by atoms with Crippen LogP contribution in [0.3, 0.4) is 0 Å². The van der Waals surface area contributed by atoms with Gasteiger partial charge in [-0.1, -0.05) is 25.0 Å². The fraction of sp³-hybridized carbons (Fsp3) is 0.875. The fourth-order valence-corrected chi connectivity index (χ4v) is 7.60. The Morgan fingerprint density at radius 2 is 1.93 bits per heavy atom. The van der Waals surface area contributed by atoms with E-state index in [1.165, 1.54) is 44.9 Å². The predicted octanol–water partition coefficient (Wildman–Crippen LogP) is 4.19. The summed E-state index contributed by atoms with van der Waals surface area (Å²) in [7, 11) is 1.00. The van der Waals surface area contributed by atoms with Gasteiger partial charge in [0.05, 0.1) is 6.10 Å². The molecule has 28 heavy (non-hydrogen) atoms.